The Morgan fingerprint density at radius 3 is 2.27 bits per heavy atom. The SMILES string of the molecule is Cc1cccc(C)c1N=S=N. The van der Waals surface area contributed by atoms with Gasteiger partial charge in [-0.15, -0.1) is 0 Å². The van der Waals surface area contributed by atoms with Gasteiger partial charge in [0.2, 0.25) is 0 Å². The molecule has 11 heavy (non-hydrogen) atoms. The predicted octanol–water partition coefficient (Wildman–Crippen LogP) is 2.96. The van der Waals surface area contributed by atoms with E-state index in [4.69, 9.17) is 4.78 Å². The topological polar surface area (TPSA) is 36.2 Å². The molecule has 0 atom stereocenters. The minimum atomic E-state index is 0.758. The van der Waals surface area contributed by atoms with E-state index in [0.717, 1.165) is 28.2 Å². The van der Waals surface area contributed by atoms with Crippen molar-refractivity contribution in [2.45, 2.75) is 13.8 Å². The van der Waals surface area contributed by atoms with Crippen molar-refractivity contribution in [3.05, 3.63) is 29.3 Å². The summed E-state index contributed by atoms with van der Waals surface area (Å²) in [5, 5.41) is 0. The molecular weight excluding hydrogens is 156 g/mol. The van der Waals surface area contributed by atoms with Crippen molar-refractivity contribution in [3.8, 4) is 0 Å². The van der Waals surface area contributed by atoms with E-state index >= 15 is 0 Å². The first-order chi connectivity index (χ1) is 5.25. The fraction of sp³-hybridized carbons (Fsp3) is 0.250. The first-order valence-corrected chi connectivity index (χ1v) is 4.13. The Morgan fingerprint density at radius 1 is 1.27 bits per heavy atom. The van der Waals surface area contributed by atoms with E-state index in [1.165, 1.54) is 0 Å². The van der Waals surface area contributed by atoms with E-state index in [0.29, 0.717) is 0 Å². The van der Waals surface area contributed by atoms with Gasteiger partial charge in [-0.1, -0.05) is 18.2 Å². The summed E-state index contributed by atoms with van der Waals surface area (Å²) in [7, 11) is 0. The van der Waals surface area contributed by atoms with Crippen LogP contribution in [0.3, 0.4) is 0 Å². The Balaban J connectivity index is 3.31. The lowest BCUT2D eigenvalue weighted by molar-refractivity contribution is 1.34. The Morgan fingerprint density at radius 2 is 1.82 bits per heavy atom. The van der Waals surface area contributed by atoms with Gasteiger partial charge in [0.15, 0.2) is 0 Å². The van der Waals surface area contributed by atoms with Crippen molar-refractivity contribution in [2.75, 3.05) is 0 Å². The third-order valence-electron chi connectivity index (χ3n) is 1.58. The minimum Gasteiger partial charge on any atom is -0.229 e. The number of nitrogens with zero attached hydrogens (tertiary/aromatic N) is 1. The quantitative estimate of drug-likeness (QED) is 0.666. The highest BCUT2D eigenvalue weighted by Crippen LogP contribution is 2.21. The monoisotopic (exact) mass is 166 g/mol. The molecule has 0 amide bonds. The molecule has 0 saturated carbocycles. The number of nitrogens with one attached hydrogen (secondary N) is 1. The summed E-state index contributed by atoms with van der Waals surface area (Å²) < 4.78 is 10.9. The summed E-state index contributed by atoms with van der Waals surface area (Å²) in [6, 6.07) is 6.00. The van der Waals surface area contributed by atoms with Crippen LogP contribution in [-0.2, 0) is 11.4 Å². The maximum atomic E-state index is 6.88. The second-order valence-corrected chi connectivity index (χ2v) is 2.79. The van der Waals surface area contributed by atoms with E-state index in [2.05, 4.69) is 4.36 Å². The number of aryl methyl sites for hydroxylation is 2. The maximum absolute atomic E-state index is 6.88. The third kappa shape index (κ3) is 1.74. The molecule has 0 bridgehead atoms. The summed E-state index contributed by atoms with van der Waals surface area (Å²) in [6.07, 6.45) is 0. The van der Waals surface area contributed by atoms with Crippen molar-refractivity contribution in [3.63, 3.8) is 0 Å². The zero-order valence-electron chi connectivity index (χ0n) is 6.59. The highest BCUT2D eigenvalue weighted by molar-refractivity contribution is 7.56. The maximum Gasteiger partial charge on any atom is 0.0833 e. The molecule has 0 heterocycles. The van der Waals surface area contributed by atoms with Gasteiger partial charge in [-0.05, 0) is 25.0 Å². The van der Waals surface area contributed by atoms with Crippen LogP contribution in [0.25, 0.3) is 0 Å². The number of rotatable bonds is 1. The molecule has 1 rings (SSSR count). The summed E-state index contributed by atoms with van der Waals surface area (Å²) >= 11 is 0.758. The van der Waals surface area contributed by atoms with Crippen LogP contribution in [0.1, 0.15) is 11.1 Å². The molecule has 3 heteroatoms. The molecule has 1 N–H and O–H groups in total. The van der Waals surface area contributed by atoms with Crippen molar-refractivity contribution < 1.29 is 0 Å². The standard InChI is InChI=1S/C8H10N2S/c1-6-4-3-5-7(2)8(6)10-11-9/h3-5,9H,1-2H3. The average Bonchev–Trinajstić information content (AvgIpc) is 1.97. The fourth-order valence-corrected chi connectivity index (χ4v) is 1.37. The Kier molecular flexibility index (Phi) is 2.54. The zero-order valence-corrected chi connectivity index (χ0v) is 7.40. The van der Waals surface area contributed by atoms with Crippen LogP contribution in [-0.4, -0.2) is 0 Å². The molecule has 1 aromatic carbocycles. The first kappa shape index (κ1) is 8.14. The Hall–Kier alpha value is -0.960. The van der Waals surface area contributed by atoms with E-state index in [-0.39, 0.29) is 0 Å². The van der Waals surface area contributed by atoms with Crippen LogP contribution >= 0.6 is 0 Å². The highest BCUT2D eigenvalue weighted by atomic mass is 32.1. The second kappa shape index (κ2) is 3.44. The van der Waals surface area contributed by atoms with E-state index in [1.54, 1.807) is 0 Å². The van der Waals surface area contributed by atoms with Crippen molar-refractivity contribution >= 4 is 17.0 Å². The van der Waals surface area contributed by atoms with Gasteiger partial charge in [0.05, 0.1) is 17.0 Å². The Bertz CT molecular complexity index is 294. The highest BCUT2D eigenvalue weighted by Gasteiger charge is 1.97. The summed E-state index contributed by atoms with van der Waals surface area (Å²) in [6.45, 7) is 4.00. The molecule has 0 spiro atoms. The van der Waals surface area contributed by atoms with Crippen LogP contribution < -0.4 is 0 Å². The van der Waals surface area contributed by atoms with E-state index in [1.807, 2.05) is 32.0 Å². The molecule has 2 nitrogen and oxygen atoms in total. The largest absolute Gasteiger partial charge is 0.229 e. The second-order valence-electron chi connectivity index (χ2n) is 2.42. The van der Waals surface area contributed by atoms with Gasteiger partial charge in [0, 0.05) is 0 Å². The van der Waals surface area contributed by atoms with Crippen molar-refractivity contribution in [1.29, 1.82) is 4.78 Å². The van der Waals surface area contributed by atoms with Gasteiger partial charge in [0.25, 0.3) is 0 Å². The van der Waals surface area contributed by atoms with Gasteiger partial charge in [-0.2, -0.15) is 4.36 Å². The summed E-state index contributed by atoms with van der Waals surface area (Å²) in [5.74, 6) is 0. The number of hydrogen-bond acceptors (Lipinski definition) is 2. The predicted molar refractivity (Wildman–Crippen MR) is 48.1 cm³/mol. The normalized spacial score (nSPS) is 9.27. The molecule has 0 fully saturated rings. The molecule has 1 aromatic rings. The Labute approximate surface area is 69.9 Å². The van der Waals surface area contributed by atoms with Gasteiger partial charge in [-0.25, -0.2) is 4.78 Å². The molecule has 0 aliphatic rings. The lowest BCUT2D eigenvalue weighted by Gasteiger charge is -2.00. The zero-order chi connectivity index (χ0) is 8.27. The van der Waals surface area contributed by atoms with Gasteiger partial charge in [0.1, 0.15) is 0 Å². The molecule has 58 valence electrons. The molecule has 0 saturated heterocycles. The number of benzene rings is 1. The smallest absolute Gasteiger partial charge is 0.0833 e. The molecule has 0 aliphatic carbocycles. The molecular formula is C8H10N2S. The molecule has 0 aromatic heterocycles. The van der Waals surface area contributed by atoms with E-state index < -0.39 is 0 Å². The lowest BCUT2D eigenvalue weighted by Crippen LogP contribution is -1.77. The van der Waals surface area contributed by atoms with Gasteiger partial charge in [-0.3, -0.25) is 0 Å². The fourth-order valence-electron chi connectivity index (χ4n) is 0.995. The minimum absolute atomic E-state index is 0.758. The van der Waals surface area contributed by atoms with E-state index in [9.17, 15) is 0 Å². The molecule has 0 radical (unpaired) electrons. The first-order valence-electron chi connectivity index (χ1n) is 3.35. The molecule has 0 aliphatic heterocycles. The van der Waals surface area contributed by atoms with Crippen LogP contribution in [0.15, 0.2) is 22.6 Å². The number of hydrogen-bond donors (Lipinski definition) is 1. The van der Waals surface area contributed by atoms with Gasteiger partial charge < -0.3 is 0 Å². The summed E-state index contributed by atoms with van der Waals surface area (Å²) in [5.41, 5.74) is 3.20. The summed E-state index contributed by atoms with van der Waals surface area (Å²) in [4.78, 5) is 0. The van der Waals surface area contributed by atoms with Crippen molar-refractivity contribution in [1.82, 2.24) is 0 Å². The molecule has 0 unspecified atom stereocenters. The third-order valence-corrected chi connectivity index (χ3v) is 1.85. The van der Waals surface area contributed by atoms with Crippen LogP contribution in [0.4, 0.5) is 5.69 Å². The van der Waals surface area contributed by atoms with Crippen molar-refractivity contribution in [2.24, 2.45) is 4.36 Å². The van der Waals surface area contributed by atoms with Crippen LogP contribution in [0, 0.1) is 18.6 Å². The van der Waals surface area contributed by atoms with Crippen LogP contribution in [0.5, 0.6) is 0 Å². The lowest BCUT2D eigenvalue weighted by atomic mass is 10.1. The average molecular weight is 166 g/mol. The van der Waals surface area contributed by atoms with Gasteiger partial charge >= 0.3 is 0 Å². The van der Waals surface area contributed by atoms with Crippen LogP contribution in [0.2, 0.25) is 0 Å².